The number of amides is 1. The van der Waals surface area contributed by atoms with E-state index in [1.807, 2.05) is 12.1 Å². The van der Waals surface area contributed by atoms with Crippen LogP contribution >= 0.6 is 0 Å². The summed E-state index contributed by atoms with van der Waals surface area (Å²) in [5, 5.41) is 2.24. The molecule has 1 amide bonds. The van der Waals surface area contributed by atoms with Gasteiger partial charge >= 0.3 is 0 Å². The van der Waals surface area contributed by atoms with E-state index >= 15 is 0 Å². The summed E-state index contributed by atoms with van der Waals surface area (Å²) in [6.07, 6.45) is 0. The molecule has 26 heavy (non-hydrogen) atoms. The number of carbonyl (C=O) groups is 1. The van der Waals surface area contributed by atoms with Crippen molar-refractivity contribution in [3.8, 4) is 0 Å². The van der Waals surface area contributed by atoms with E-state index in [1.54, 1.807) is 18.2 Å². The minimum atomic E-state index is -4.00. The molecular formula is C19H15F2NO3S. The maximum atomic E-state index is 13.7. The highest BCUT2D eigenvalue weighted by Crippen LogP contribution is 2.23. The van der Waals surface area contributed by atoms with E-state index in [1.165, 1.54) is 19.1 Å². The summed E-state index contributed by atoms with van der Waals surface area (Å²) in [6.45, 7) is 1.21. The minimum absolute atomic E-state index is 0.0152. The van der Waals surface area contributed by atoms with Gasteiger partial charge < -0.3 is 5.32 Å². The number of nitrogens with one attached hydrogen (secondary N) is 1. The molecule has 7 heteroatoms. The van der Waals surface area contributed by atoms with Gasteiger partial charge in [0.25, 0.3) is 0 Å². The third-order valence-corrected chi connectivity index (χ3v) is 6.13. The molecule has 4 nitrogen and oxygen atoms in total. The second kappa shape index (κ2) is 6.84. The number of rotatable bonds is 4. The van der Waals surface area contributed by atoms with Gasteiger partial charge in [0.1, 0.15) is 16.9 Å². The van der Waals surface area contributed by atoms with Crippen molar-refractivity contribution in [1.82, 2.24) is 0 Å². The number of carbonyl (C=O) groups excluding carboxylic acids is 1. The Morgan fingerprint density at radius 1 is 0.962 bits per heavy atom. The summed E-state index contributed by atoms with van der Waals surface area (Å²) >= 11 is 0. The fourth-order valence-corrected chi connectivity index (χ4v) is 3.82. The topological polar surface area (TPSA) is 63.2 Å². The zero-order valence-corrected chi connectivity index (χ0v) is 14.6. The Balaban J connectivity index is 1.89. The molecule has 3 rings (SSSR count). The lowest BCUT2D eigenvalue weighted by Crippen LogP contribution is -2.33. The smallest absolute Gasteiger partial charge is 0.242 e. The monoisotopic (exact) mass is 375 g/mol. The number of anilines is 1. The zero-order chi connectivity index (χ0) is 18.9. The third kappa shape index (κ3) is 3.43. The maximum Gasteiger partial charge on any atom is 0.242 e. The molecular weight excluding hydrogens is 360 g/mol. The predicted molar refractivity (Wildman–Crippen MR) is 95.6 cm³/mol. The van der Waals surface area contributed by atoms with Gasteiger partial charge in [0, 0.05) is 6.07 Å². The van der Waals surface area contributed by atoms with Crippen molar-refractivity contribution < 1.29 is 22.0 Å². The normalized spacial score (nSPS) is 12.7. The fourth-order valence-electron chi connectivity index (χ4n) is 2.52. The van der Waals surface area contributed by atoms with Crippen molar-refractivity contribution in [1.29, 1.82) is 0 Å². The first-order valence-electron chi connectivity index (χ1n) is 7.77. The quantitative estimate of drug-likeness (QED) is 0.752. The lowest BCUT2D eigenvalue weighted by molar-refractivity contribution is -0.115. The van der Waals surface area contributed by atoms with Gasteiger partial charge in [-0.05, 0) is 42.0 Å². The first kappa shape index (κ1) is 18.0. The van der Waals surface area contributed by atoms with Crippen molar-refractivity contribution in [2.75, 3.05) is 5.32 Å². The van der Waals surface area contributed by atoms with Gasteiger partial charge in [-0.15, -0.1) is 0 Å². The van der Waals surface area contributed by atoms with Crippen molar-refractivity contribution in [3.63, 3.8) is 0 Å². The van der Waals surface area contributed by atoms with Crippen LogP contribution in [0.15, 0.2) is 65.6 Å². The molecule has 0 heterocycles. The largest absolute Gasteiger partial charge is 0.322 e. The molecule has 0 saturated heterocycles. The lowest BCUT2D eigenvalue weighted by Gasteiger charge is -2.14. The highest BCUT2D eigenvalue weighted by atomic mass is 32.2. The van der Waals surface area contributed by atoms with Crippen LogP contribution in [0.1, 0.15) is 6.92 Å². The van der Waals surface area contributed by atoms with Gasteiger partial charge in [0.15, 0.2) is 9.84 Å². The molecule has 0 aliphatic rings. The number of benzene rings is 3. The summed E-state index contributed by atoms with van der Waals surface area (Å²) in [5.41, 5.74) is -0.407. The molecule has 3 aromatic carbocycles. The van der Waals surface area contributed by atoms with Crippen LogP contribution in [0.3, 0.4) is 0 Å². The SMILES string of the molecule is CC(C(=O)Nc1cc(F)ccc1F)S(=O)(=O)c1ccc2ccccc2c1. The van der Waals surface area contributed by atoms with Crippen molar-refractivity contribution in [2.45, 2.75) is 17.1 Å². The summed E-state index contributed by atoms with van der Waals surface area (Å²) in [7, 11) is -4.00. The molecule has 0 spiro atoms. The zero-order valence-electron chi connectivity index (χ0n) is 13.7. The van der Waals surface area contributed by atoms with Crippen LogP contribution in [-0.2, 0) is 14.6 Å². The maximum absolute atomic E-state index is 13.7. The fraction of sp³-hybridized carbons (Fsp3) is 0.105. The summed E-state index contributed by atoms with van der Waals surface area (Å²) in [6, 6.07) is 14.3. The van der Waals surface area contributed by atoms with Crippen LogP contribution < -0.4 is 5.32 Å². The second-order valence-corrected chi connectivity index (χ2v) is 8.08. The Morgan fingerprint density at radius 3 is 2.38 bits per heavy atom. The molecule has 1 unspecified atom stereocenters. The number of fused-ring (bicyclic) bond motifs is 1. The third-order valence-electron chi connectivity index (χ3n) is 4.07. The van der Waals surface area contributed by atoms with E-state index in [0.717, 1.165) is 29.0 Å². The standard InChI is InChI=1S/C19H15F2NO3S/c1-12(19(23)22-18-11-15(20)7-9-17(18)21)26(24,25)16-8-6-13-4-2-3-5-14(13)10-16/h2-12H,1H3,(H,22,23). The van der Waals surface area contributed by atoms with Gasteiger partial charge in [-0.25, -0.2) is 17.2 Å². The van der Waals surface area contributed by atoms with E-state index in [-0.39, 0.29) is 4.90 Å². The molecule has 0 saturated carbocycles. The van der Waals surface area contributed by atoms with E-state index in [0.29, 0.717) is 0 Å². The number of hydrogen-bond donors (Lipinski definition) is 1. The summed E-state index contributed by atoms with van der Waals surface area (Å²) in [5.74, 6) is -2.54. The second-order valence-electron chi connectivity index (χ2n) is 5.81. The Morgan fingerprint density at radius 2 is 1.65 bits per heavy atom. The number of sulfone groups is 1. The predicted octanol–water partition coefficient (Wildman–Crippen LogP) is 3.92. The Labute approximate surface area is 149 Å². The molecule has 0 aliphatic heterocycles. The molecule has 0 aromatic heterocycles. The van der Waals surface area contributed by atoms with Gasteiger partial charge in [-0.2, -0.15) is 0 Å². The van der Waals surface area contributed by atoms with Gasteiger partial charge in [0.2, 0.25) is 5.91 Å². The average Bonchev–Trinajstić information content (AvgIpc) is 2.63. The Bertz CT molecular complexity index is 1100. The lowest BCUT2D eigenvalue weighted by atomic mass is 10.1. The summed E-state index contributed by atoms with van der Waals surface area (Å²) in [4.78, 5) is 12.3. The highest BCUT2D eigenvalue weighted by Gasteiger charge is 2.30. The van der Waals surface area contributed by atoms with E-state index in [4.69, 9.17) is 0 Å². The summed E-state index contributed by atoms with van der Waals surface area (Å²) < 4.78 is 52.3. The van der Waals surface area contributed by atoms with Crippen molar-refractivity contribution in [3.05, 3.63) is 72.3 Å². The van der Waals surface area contributed by atoms with Crippen LogP contribution in [0, 0.1) is 11.6 Å². The van der Waals surface area contributed by atoms with E-state index in [9.17, 15) is 22.0 Å². The first-order chi connectivity index (χ1) is 12.3. The minimum Gasteiger partial charge on any atom is -0.322 e. The number of hydrogen-bond acceptors (Lipinski definition) is 3. The molecule has 3 aromatic rings. The Hall–Kier alpha value is -2.80. The molecule has 0 aliphatic carbocycles. The molecule has 1 atom stereocenters. The molecule has 1 N–H and O–H groups in total. The van der Waals surface area contributed by atoms with Crippen LogP contribution in [0.2, 0.25) is 0 Å². The first-order valence-corrected chi connectivity index (χ1v) is 9.32. The van der Waals surface area contributed by atoms with Gasteiger partial charge in [0.05, 0.1) is 10.6 Å². The van der Waals surface area contributed by atoms with E-state index < -0.39 is 38.3 Å². The molecule has 0 fully saturated rings. The van der Waals surface area contributed by atoms with Crippen LogP contribution in [-0.4, -0.2) is 19.6 Å². The Kier molecular flexibility index (Phi) is 4.73. The van der Waals surface area contributed by atoms with E-state index in [2.05, 4.69) is 5.32 Å². The van der Waals surface area contributed by atoms with Crippen LogP contribution in [0.5, 0.6) is 0 Å². The molecule has 0 bridgehead atoms. The molecule has 134 valence electrons. The van der Waals surface area contributed by atoms with Crippen LogP contribution in [0.25, 0.3) is 10.8 Å². The average molecular weight is 375 g/mol. The van der Waals surface area contributed by atoms with Gasteiger partial charge in [-0.3, -0.25) is 4.79 Å². The molecule has 0 radical (unpaired) electrons. The van der Waals surface area contributed by atoms with Crippen molar-refractivity contribution in [2.24, 2.45) is 0 Å². The number of halogens is 2. The van der Waals surface area contributed by atoms with Crippen molar-refractivity contribution >= 4 is 32.2 Å². The highest BCUT2D eigenvalue weighted by molar-refractivity contribution is 7.92. The van der Waals surface area contributed by atoms with Gasteiger partial charge in [-0.1, -0.05) is 30.3 Å². The van der Waals surface area contributed by atoms with Crippen LogP contribution in [0.4, 0.5) is 14.5 Å².